The molecular weight excluding hydrogens is 519 g/mol. The molecule has 0 spiro atoms. The summed E-state index contributed by atoms with van der Waals surface area (Å²) in [5.74, 6) is 1.55. The van der Waals surface area contributed by atoms with Gasteiger partial charge < -0.3 is 20.1 Å². The van der Waals surface area contributed by atoms with Crippen molar-refractivity contribution in [3.8, 4) is 11.5 Å². The monoisotopic (exact) mass is 542 g/mol. The van der Waals surface area contributed by atoms with Crippen molar-refractivity contribution in [1.82, 2.24) is 9.97 Å². The largest absolute Gasteiger partial charge is 0.497 e. The lowest BCUT2D eigenvalue weighted by molar-refractivity contribution is 0.415. The van der Waals surface area contributed by atoms with E-state index in [1.54, 1.807) is 14.2 Å². The first-order chi connectivity index (χ1) is 18.5. The Labute approximate surface area is 229 Å². The average Bonchev–Trinajstić information content (AvgIpc) is 2.93. The first-order valence-corrected chi connectivity index (χ1v) is 12.9. The third kappa shape index (κ3) is 4.46. The van der Waals surface area contributed by atoms with Gasteiger partial charge in [-0.15, -0.1) is 0 Å². The zero-order chi connectivity index (χ0) is 26.2. The van der Waals surface area contributed by atoms with Gasteiger partial charge in [0.2, 0.25) is 0 Å². The highest BCUT2D eigenvalue weighted by molar-refractivity contribution is 6.32. The second-order valence-electron chi connectivity index (χ2n) is 8.92. The van der Waals surface area contributed by atoms with Gasteiger partial charge >= 0.3 is 0 Å². The molecule has 2 heterocycles. The molecule has 0 radical (unpaired) electrons. The summed E-state index contributed by atoms with van der Waals surface area (Å²) < 4.78 is 11.0. The fourth-order valence-electron chi connectivity index (χ4n) is 4.80. The molecule has 0 unspecified atom stereocenters. The summed E-state index contributed by atoms with van der Waals surface area (Å²) in [4.78, 5) is 9.63. The van der Waals surface area contributed by atoms with Crippen LogP contribution in [-0.2, 0) is 0 Å². The van der Waals surface area contributed by atoms with Crippen molar-refractivity contribution >= 4 is 78.2 Å². The van der Waals surface area contributed by atoms with E-state index in [4.69, 9.17) is 42.6 Å². The third-order valence-corrected chi connectivity index (χ3v) is 7.08. The SMILES string of the molecule is COc1ccc2nc3cc(Cl)ccc3c(NCCNc3c4ccc(Cl)cc4nc4ccc(OC)cc34)c2c1. The first kappa shape index (κ1) is 24.3. The minimum absolute atomic E-state index is 0.650. The number of methoxy groups -OCH3 is 2. The molecule has 0 fully saturated rings. The molecule has 190 valence electrons. The van der Waals surface area contributed by atoms with Crippen molar-refractivity contribution in [3.63, 3.8) is 0 Å². The molecule has 0 saturated carbocycles. The number of aromatic nitrogens is 2. The lowest BCUT2D eigenvalue weighted by Gasteiger charge is -2.17. The van der Waals surface area contributed by atoms with Gasteiger partial charge in [0.15, 0.2) is 0 Å². The Balaban J connectivity index is 1.36. The van der Waals surface area contributed by atoms with Crippen molar-refractivity contribution in [3.05, 3.63) is 82.8 Å². The molecule has 0 amide bonds. The zero-order valence-electron chi connectivity index (χ0n) is 20.8. The Hall–Kier alpha value is -4.00. The smallest absolute Gasteiger partial charge is 0.119 e. The Kier molecular flexibility index (Phi) is 6.44. The van der Waals surface area contributed by atoms with Crippen LogP contribution in [0.3, 0.4) is 0 Å². The number of hydrogen-bond donors (Lipinski definition) is 2. The van der Waals surface area contributed by atoms with Crippen LogP contribution in [0.5, 0.6) is 11.5 Å². The van der Waals surface area contributed by atoms with Gasteiger partial charge in [0, 0.05) is 44.7 Å². The van der Waals surface area contributed by atoms with Crippen LogP contribution < -0.4 is 20.1 Å². The number of nitrogens with zero attached hydrogens (tertiary/aromatic N) is 2. The van der Waals surface area contributed by atoms with E-state index >= 15 is 0 Å². The number of rotatable bonds is 7. The summed E-state index contributed by atoms with van der Waals surface area (Å²) >= 11 is 12.6. The quantitative estimate of drug-likeness (QED) is 0.157. The first-order valence-electron chi connectivity index (χ1n) is 12.2. The molecule has 6 nitrogen and oxygen atoms in total. The van der Waals surface area contributed by atoms with Gasteiger partial charge in [-0.1, -0.05) is 23.2 Å². The van der Waals surface area contributed by atoms with Crippen LogP contribution in [-0.4, -0.2) is 37.3 Å². The number of pyridine rings is 2. The van der Waals surface area contributed by atoms with E-state index < -0.39 is 0 Å². The number of nitrogens with one attached hydrogen (secondary N) is 2. The van der Waals surface area contributed by atoms with Gasteiger partial charge in [-0.05, 0) is 72.8 Å². The number of benzene rings is 4. The van der Waals surface area contributed by atoms with E-state index in [1.807, 2.05) is 72.8 Å². The lowest BCUT2D eigenvalue weighted by Crippen LogP contribution is -2.15. The fraction of sp³-hybridized carbons (Fsp3) is 0.133. The van der Waals surface area contributed by atoms with Crippen LogP contribution >= 0.6 is 23.2 Å². The highest BCUT2D eigenvalue weighted by atomic mass is 35.5. The predicted molar refractivity (Wildman–Crippen MR) is 159 cm³/mol. The third-order valence-electron chi connectivity index (χ3n) is 6.61. The second kappa shape index (κ2) is 10.0. The van der Waals surface area contributed by atoms with Crippen molar-refractivity contribution in [1.29, 1.82) is 0 Å². The summed E-state index contributed by atoms with van der Waals surface area (Å²) in [6, 6.07) is 23.3. The number of anilines is 2. The van der Waals surface area contributed by atoms with Gasteiger partial charge in [0.05, 0.1) is 47.7 Å². The normalized spacial score (nSPS) is 11.4. The topological polar surface area (TPSA) is 68.3 Å². The molecule has 6 rings (SSSR count). The van der Waals surface area contributed by atoms with E-state index in [0.29, 0.717) is 23.1 Å². The zero-order valence-corrected chi connectivity index (χ0v) is 22.3. The maximum absolute atomic E-state index is 6.28. The highest BCUT2D eigenvalue weighted by Gasteiger charge is 2.13. The van der Waals surface area contributed by atoms with E-state index in [-0.39, 0.29) is 0 Å². The summed E-state index contributed by atoms with van der Waals surface area (Å²) in [6.45, 7) is 1.30. The number of fused-ring (bicyclic) bond motifs is 4. The van der Waals surface area contributed by atoms with Crippen LogP contribution in [0.25, 0.3) is 43.6 Å². The van der Waals surface area contributed by atoms with Gasteiger partial charge in [0.1, 0.15) is 11.5 Å². The molecule has 0 saturated heterocycles. The Bertz CT molecular complexity index is 1710. The maximum atomic E-state index is 6.28. The predicted octanol–water partition coefficient (Wildman–Crippen LogP) is 7.94. The van der Waals surface area contributed by atoms with Crippen molar-refractivity contribution in [2.75, 3.05) is 37.9 Å². The Morgan fingerprint density at radius 2 is 1.00 bits per heavy atom. The molecule has 0 aliphatic heterocycles. The average molecular weight is 543 g/mol. The van der Waals surface area contributed by atoms with Crippen LogP contribution in [0.15, 0.2) is 72.8 Å². The Morgan fingerprint density at radius 1 is 0.553 bits per heavy atom. The molecule has 4 aromatic carbocycles. The number of hydrogen-bond acceptors (Lipinski definition) is 6. The molecule has 0 aliphatic rings. The van der Waals surface area contributed by atoms with Gasteiger partial charge in [-0.3, -0.25) is 0 Å². The van der Waals surface area contributed by atoms with Crippen molar-refractivity contribution < 1.29 is 9.47 Å². The van der Waals surface area contributed by atoms with Crippen molar-refractivity contribution in [2.45, 2.75) is 0 Å². The van der Waals surface area contributed by atoms with Crippen LogP contribution in [0.2, 0.25) is 10.0 Å². The van der Waals surface area contributed by atoms with Crippen LogP contribution in [0.4, 0.5) is 11.4 Å². The fourth-order valence-corrected chi connectivity index (χ4v) is 5.14. The van der Waals surface area contributed by atoms with Crippen LogP contribution in [0, 0.1) is 0 Å². The summed E-state index contributed by atoms with van der Waals surface area (Å²) in [5, 5.41) is 12.5. The molecule has 0 aliphatic carbocycles. The molecule has 0 bridgehead atoms. The molecular formula is C30H24Cl2N4O2. The molecule has 0 atom stereocenters. The maximum Gasteiger partial charge on any atom is 0.119 e. The summed E-state index contributed by atoms with van der Waals surface area (Å²) in [6.07, 6.45) is 0. The van der Waals surface area contributed by atoms with Gasteiger partial charge in [-0.2, -0.15) is 0 Å². The summed E-state index contributed by atoms with van der Waals surface area (Å²) in [7, 11) is 3.33. The van der Waals surface area contributed by atoms with Crippen LogP contribution in [0.1, 0.15) is 0 Å². The minimum atomic E-state index is 0.650. The van der Waals surface area contributed by atoms with E-state index in [1.165, 1.54) is 0 Å². The molecule has 2 aromatic heterocycles. The number of halogens is 2. The van der Waals surface area contributed by atoms with Gasteiger partial charge in [-0.25, -0.2) is 9.97 Å². The number of ether oxygens (including phenoxy) is 2. The van der Waals surface area contributed by atoms with E-state index in [0.717, 1.165) is 66.5 Å². The standard InChI is InChI=1S/C30H24Cl2N4O2/c1-37-19-5-9-25-23(15-19)29(21-7-3-17(31)13-27(21)35-25)33-11-12-34-30-22-8-4-18(32)14-28(22)36-26-10-6-20(38-2)16-24(26)30/h3-10,13-16H,11-12H2,1-2H3,(H,33,35)(H,34,36). The highest BCUT2D eigenvalue weighted by Crippen LogP contribution is 2.36. The van der Waals surface area contributed by atoms with E-state index in [9.17, 15) is 0 Å². The Morgan fingerprint density at radius 3 is 1.42 bits per heavy atom. The van der Waals surface area contributed by atoms with E-state index in [2.05, 4.69) is 10.6 Å². The molecule has 2 N–H and O–H groups in total. The minimum Gasteiger partial charge on any atom is -0.497 e. The second-order valence-corrected chi connectivity index (χ2v) is 9.79. The molecule has 6 aromatic rings. The molecule has 8 heteroatoms. The lowest BCUT2D eigenvalue weighted by atomic mass is 10.1. The van der Waals surface area contributed by atoms with Crippen molar-refractivity contribution in [2.24, 2.45) is 0 Å². The molecule has 38 heavy (non-hydrogen) atoms. The van der Waals surface area contributed by atoms with Gasteiger partial charge in [0.25, 0.3) is 0 Å². The summed E-state index contributed by atoms with van der Waals surface area (Å²) in [5.41, 5.74) is 5.37.